The first-order valence-corrected chi connectivity index (χ1v) is 6.85. The molecule has 0 spiro atoms. The van der Waals surface area contributed by atoms with Crippen molar-refractivity contribution in [1.29, 1.82) is 0 Å². The van der Waals surface area contributed by atoms with Crippen LogP contribution in [0.25, 0.3) is 10.9 Å². The highest BCUT2D eigenvalue weighted by molar-refractivity contribution is 5.98. The van der Waals surface area contributed by atoms with Crippen molar-refractivity contribution < 1.29 is 9.53 Å². The Morgan fingerprint density at radius 2 is 2.19 bits per heavy atom. The predicted molar refractivity (Wildman–Crippen MR) is 84.1 cm³/mol. The van der Waals surface area contributed by atoms with Crippen LogP contribution >= 0.6 is 0 Å². The van der Waals surface area contributed by atoms with Gasteiger partial charge in [0.1, 0.15) is 0 Å². The fourth-order valence-corrected chi connectivity index (χ4v) is 2.04. The van der Waals surface area contributed by atoms with Crippen LogP contribution in [0, 0.1) is 0 Å². The number of amides is 1. The maximum atomic E-state index is 11.6. The van der Waals surface area contributed by atoms with Gasteiger partial charge in [-0.3, -0.25) is 9.78 Å². The zero-order valence-electron chi connectivity index (χ0n) is 12.1. The van der Waals surface area contributed by atoms with Crippen molar-refractivity contribution in [2.45, 2.75) is 6.42 Å². The molecule has 0 aliphatic rings. The van der Waals surface area contributed by atoms with Gasteiger partial charge in [-0.2, -0.15) is 0 Å². The first kappa shape index (κ1) is 15.1. The van der Waals surface area contributed by atoms with E-state index in [0.29, 0.717) is 31.8 Å². The summed E-state index contributed by atoms with van der Waals surface area (Å²) < 4.78 is 4.88. The smallest absolute Gasteiger partial charge is 0.221 e. The van der Waals surface area contributed by atoms with Crippen molar-refractivity contribution >= 4 is 28.2 Å². The molecule has 0 atom stereocenters. The molecule has 21 heavy (non-hydrogen) atoms. The quantitative estimate of drug-likeness (QED) is 0.529. The van der Waals surface area contributed by atoms with Gasteiger partial charge in [-0.25, -0.2) is 0 Å². The summed E-state index contributed by atoms with van der Waals surface area (Å²) in [6.07, 6.45) is 2.11. The van der Waals surface area contributed by atoms with Crippen molar-refractivity contribution in [3.05, 3.63) is 30.5 Å². The summed E-state index contributed by atoms with van der Waals surface area (Å²) in [5, 5.41) is 6.98. The van der Waals surface area contributed by atoms with E-state index in [1.165, 1.54) is 0 Å². The van der Waals surface area contributed by atoms with Gasteiger partial charge in [-0.15, -0.1) is 0 Å². The van der Waals surface area contributed by atoms with Gasteiger partial charge in [0.15, 0.2) is 0 Å². The summed E-state index contributed by atoms with van der Waals surface area (Å²) in [6, 6.07) is 7.54. The van der Waals surface area contributed by atoms with E-state index in [1.54, 1.807) is 13.3 Å². The highest BCUT2D eigenvalue weighted by atomic mass is 16.5. The van der Waals surface area contributed by atoms with Gasteiger partial charge in [-0.1, -0.05) is 0 Å². The molecule has 0 saturated heterocycles. The van der Waals surface area contributed by atoms with Crippen LogP contribution in [0.4, 0.5) is 11.4 Å². The molecular formula is C15H20N4O2. The third-order valence-corrected chi connectivity index (χ3v) is 3.10. The number of methoxy groups -OCH3 is 1. The summed E-state index contributed by atoms with van der Waals surface area (Å²) in [5.74, 6) is -0.00238. The van der Waals surface area contributed by atoms with E-state index in [4.69, 9.17) is 10.5 Å². The molecule has 0 saturated carbocycles. The second-order valence-corrected chi connectivity index (χ2v) is 4.62. The zero-order chi connectivity index (χ0) is 15.1. The number of anilines is 2. The molecule has 0 fully saturated rings. The number of rotatable bonds is 7. The first-order valence-electron chi connectivity index (χ1n) is 6.85. The Labute approximate surface area is 123 Å². The average molecular weight is 288 g/mol. The third kappa shape index (κ3) is 4.06. The molecule has 4 N–H and O–H groups in total. The van der Waals surface area contributed by atoms with E-state index < -0.39 is 0 Å². The number of nitrogens with two attached hydrogens (primary N) is 1. The number of ether oxygens (including phenoxy) is 1. The average Bonchev–Trinajstić information content (AvgIpc) is 2.50. The Morgan fingerprint density at radius 3 is 3.00 bits per heavy atom. The third-order valence-electron chi connectivity index (χ3n) is 3.10. The molecule has 6 nitrogen and oxygen atoms in total. The second kappa shape index (κ2) is 7.44. The lowest BCUT2D eigenvalue weighted by Crippen LogP contribution is -2.28. The largest absolute Gasteiger partial charge is 0.397 e. The fraction of sp³-hybridized carbons (Fsp3) is 0.333. The minimum Gasteiger partial charge on any atom is -0.397 e. The minimum atomic E-state index is -0.00238. The number of hydrogen-bond acceptors (Lipinski definition) is 5. The Balaban J connectivity index is 1.92. The highest BCUT2D eigenvalue weighted by Gasteiger charge is 2.05. The number of fused-ring (bicyclic) bond motifs is 1. The number of nitrogens with zero attached hydrogens (tertiary/aromatic N) is 1. The summed E-state index contributed by atoms with van der Waals surface area (Å²) in [7, 11) is 1.61. The molecule has 1 heterocycles. The number of nitrogens with one attached hydrogen (secondary N) is 2. The fourth-order valence-electron chi connectivity index (χ4n) is 2.04. The summed E-state index contributed by atoms with van der Waals surface area (Å²) in [6.45, 7) is 1.60. The van der Waals surface area contributed by atoms with Crippen molar-refractivity contribution in [1.82, 2.24) is 10.3 Å². The van der Waals surface area contributed by atoms with Gasteiger partial charge in [0.25, 0.3) is 0 Å². The monoisotopic (exact) mass is 288 g/mol. The van der Waals surface area contributed by atoms with Crippen LogP contribution in [0.5, 0.6) is 0 Å². The minimum absolute atomic E-state index is 0.00238. The van der Waals surface area contributed by atoms with Crippen molar-refractivity contribution in [3.8, 4) is 0 Å². The maximum absolute atomic E-state index is 11.6. The number of carbonyl (C=O) groups is 1. The summed E-state index contributed by atoms with van der Waals surface area (Å²) in [5.41, 5.74) is 8.25. The lowest BCUT2D eigenvalue weighted by Gasteiger charge is -2.11. The first-order chi connectivity index (χ1) is 10.2. The van der Waals surface area contributed by atoms with Gasteiger partial charge >= 0.3 is 0 Å². The molecule has 0 aliphatic carbocycles. The number of benzene rings is 1. The number of hydrogen-bond donors (Lipinski definition) is 3. The van der Waals surface area contributed by atoms with Gasteiger partial charge in [0.2, 0.25) is 5.91 Å². The molecule has 2 rings (SSSR count). The molecule has 0 bridgehead atoms. The van der Waals surface area contributed by atoms with Crippen molar-refractivity contribution in [3.63, 3.8) is 0 Å². The lowest BCUT2D eigenvalue weighted by molar-refractivity contribution is -0.121. The standard InChI is InChI=1S/C15H20N4O2/c1-21-10-9-18-14(20)6-8-17-13-5-4-12(16)15-11(13)3-2-7-19-15/h2-5,7,17H,6,8-10,16H2,1H3,(H,18,20). The molecule has 6 heteroatoms. The molecule has 1 amide bonds. The maximum Gasteiger partial charge on any atom is 0.221 e. The summed E-state index contributed by atoms with van der Waals surface area (Å²) >= 11 is 0. The van der Waals surface area contributed by atoms with Crippen molar-refractivity contribution in [2.24, 2.45) is 0 Å². The Bertz CT molecular complexity index is 616. The number of pyridine rings is 1. The Kier molecular flexibility index (Phi) is 5.34. The number of aromatic nitrogens is 1. The molecule has 1 aromatic carbocycles. The summed E-state index contributed by atoms with van der Waals surface area (Å²) in [4.78, 5) is 15.9. The van der Waals surface area contributed by atoms with Gasteiger partial charge in [0, 0.05) is 43.9 Å². The Morgan fingerprint density at radius 1 is 1.33 bits per heavy atom. The molecule has 1 aromatic heterocycles. The zero-order valence-corrected chi connectivity index (χ0v) is 12.1. The van der Waals surface area contributed by atoms with Crippen LogP contribution in [-0.4, -0.2) is 37.7 Å². The molecular weight excluding hydrogens is 268 g/mol. The van der Waals surface area contributed by atoms with Crippen LogP contribution in [0.2, 0.25) is 0 Å². The van der Waals surface area contributed by atoms with Crippen LogP contribution in [0.1, 0.15) is 6.42 Å². The van der Waals surface area contributed by atoms with E-state index in [-0.39, 0.29) is 5.91 Å². The van der Waals surface area contributed by atoms with Gasteiger partial charge < -0.3 is 21.1 Å². The van der Waals surface area contributed by atoms with E-state index >= 15 is 0 Å². The highest BCUT2D eigenvalue weighted by Crippen LogP contribution is 2.26. The normalized spacial score (nSPS) is 10.5. The molecule has 0 aliphatic heterocycles. The number of carbonyl (C=O) groups excluding carboxylic acids is 1. The number of nitrogen functional groups attached to an aromatic ring is 1. The van der Waals surface area contributed by atoms with Crippen LogP contribution in [-0.2, 0) is 9.53 Å². The van der Waals surface area contributed by atoms with Crippen LogP contribution in [0.3, 0.4) is 0 Å². The topological polar surface area (TPSA) is 89.3 Å². The SMILES string of the molecule is COCCNC(=O)CCNc1ccc(N)c2ncccc12. The van der Waals surface area contributed by atoms with Crippen LogP contribution in [0.15, 0.2) is 30.5 Å². The predicted octanol–water partition coefficient (Wildman–Crippen LogP) is 1.38. The van der Waals surface area contributed by atoms with E-state index in [1.807, 2.05) is 24.3 Å². The molecule has 0 radical (unpaired) electrons. The molecule has 112 valence electrons. The second-order valence-electron chi connectivity index (χ2n) is 4.62. The van der Waals surface area contributed by atoms with E-state index in [0.717, 1.165) is 16.6 Å². The Hall–Kier alpha value is -2.34. The van der Waals surface area contributed by atoms with Crippen molar-refractivity contribution in [2.75, 3.05) is 37.9 Å². The van der Waals surface area contributed by atoms with Gasteiger partial charge in [-0.05, 0) is 24.3 Å². The van der Waals surface area contributed by atoms with Crippen LogP contribution < -0.4 is 16.4 Å². The van der Waals surface area contributed by atoms with E-state index in [2.05, 4.69) is 15.6 Å². The molecule has 2 aromatic rings. The molecule has 0 unspecified atom stereocenters. The lowest BCUT2D eigenvalue weighted by atomic mass is 10.1. The van der Waals surface area contributed by atoms with Gasteiger partial charge in [0.05, 0.1) is 17.8 Å². The van der Waals surface area contributed by atoms with E-state index in [9.17, 15) is 4.79 Å².